The summed E-state index contributed by atoms with van der Waals surface area (Å²) in [7, 11) is -0.985. The molecule has 1 heterocycles. The van der Waals surface area contributed by atoms with Crippen LogP contribution in [0.4, 0.5) is 4.79 Å². The molecule has 2 amide bonds. The van der Waals surface area contributed by atoms with E-state index in [4.69, 9.17) is 0 Å². The van der Waals surface area contributed by atoms with Crippen LogP contribution in [0.25, 0.3) is 0 Å². The molecule has 1 aliphatic rings. The number of hydrogen-bond donors (Lipinski definition) is 2. The van der Waals surface area contributed by atoms with Crippen LogP contribution < -0.4 is 5.32 Å². The third-order valence-electron chi connectivity index (χ3n) is 4.03. The normalized spacial score (nSPS) is 23.1. The molecular formula is C15H22N2O3S. The maximum Gasteiger partial charge on any atom is 0.318 e. The molecule has 0 spiro atoms. The van der Waals surface area contributed by atoms with Crippen LogP contribution in [0.15, 0.2) is 29.2 Å². The maximum absolute atomic E-state index is 12.2. The lowest BCUT2D eigenvalue weighted by Crippen LogP contribution is -2.45. The highest BCUT2D eigenvalue weighted by molar-refractivity contribution is 7.84. The van der Waals surface area contributed by atoms with E-state index < -0.39 is 10.8 Å². The number of nitrogens with one attached hydrogen (secondary N) is 1. The first kappa shape index (κ1) is 16.0. The fraction of sp³-hybridized carbons (Fsp3) is 0.533. The van der Waals surface area contributed by atoms with Crippen LogP contribution in [-0.2, 0) is 17.3 Å². The van der Waals surface area contributed by atoms with E-state index in [1.54, 1.807) is 11.2 Å². The molecule has 0 aliphatic carbocycles. The minimum Gasteiger partial charge on any atom is -0.394 e. The Bertz CT molecular complexity index is 518. The highest BCUT2D eigenvalue weighted by atomic mass is 32.2. The van der Waals surface area contributed by atoms with E-state index >= 15 is 0 Å². The second-order valence-corrected chi connectivity index (χ2v) is 6.85. The van der Waals surface area contributed by atoms with Gasteiger partial charge >= 0.3 is 6.03 Å². The van der Waals surface area contributed by atoms with Crippen LogP contribution in [0.1, 0.15) is 18.9 Å². The number of nitrogens with zero attached hydrogens (tertiary/aromatic N) is 1. The molecule has 1 fully saturated rings. The van der Waals surface area contributed by atoms with Crippen molar-refractivity contribution in [3.05, 3.63) is 29.8 Å². The van der Waals surface area contributed by atoms with Crippen molar-refractivity contribution < 1.29 is 14.1 Å². The number of rotatable bonds is 4. The molecule has 1 aromatic rings. The van der Waals surface area contributed by atoms with Crippen LogP contribution >= 0.6 is 0 Å². The van der Waals surface area contributed by atoms with Crippen LogP contribution in [0.3, 0.4) is 0 Å². The molecule has 2 N–H and O–H groups in total. The predicted molar refractivity (Wildman–Crippen MR) is 82.4 cm³/mol. The second-order valence-electron chi connectivity index (χ2n) is 5.47. The number of amides is 2. The SMILES string of the molecule is C[C@@H]1CCN(C(=O)NCc2ccc([S@](C)=O)cc2)[C@@H]1CO. The summed E-state index contributed by atoms with van der Waals surface area (Å²) in [4.78, 5) is 14.6. The summed E-state index contributed by atoms with van der Waals surface area (Å²) in [5, 5.41) is 12.2. The number of benzene rings is 1. The Labute approximate surface area is 127 Å². The van der Waals surface area contributed by atoms with Gasteiger partial charge in [-0.15, -0.1) is 0 Å². The molecule has 1 aliphatic heterocycles. The summed E-state index contributed by atoms with van der Waals surface area (Å²) in [6.07, 6.45) is 2.57. The van der Waals surface area contributed by atoms with Crippen molar-refractivity contribution in [1.29, 1.82) is 0 Å². The number of likely N-dealkylation sites (tertiary alicyclic amines) is 1. The van der Waals surface area contributed by atoms with Gasteiger partial charge in [-0.2, -0.15) is 0 Å². The zero-order valence-electron chi connectivity index (χ0n) is 12.4. The highest BCUT2D eigenvalue weighted by Crippen LogP contribution is 2.23. The van der Waals surface area contributed by atoms with E-state index in [0.717, 1.165) is 16.9 Å². The molecule has 0 aromatic heterocycles. The average molecular weight is 310 g/mol. The monoisotopic (exact) mass is 310 g/mol. The van der Waals surface area contributed by atoms with Crippen molar-refractivity contribution in [2.24, 2.45) is 5.92 Å². The van der Waals surface area contributed by atoms with Crippen molar-refractivity contribution in [2.75, 3.05) is 19.4 Å². The third-order valence-corrected chi connectivity index (χ3v) is 4.97. The lowest BCUT2D eigenvalue weighted by Gasteiger charge is -2.25. The van der Waals surface area contributed by atoms with E-state index in [-0.39, 0.29) is 18.7 Å². The standard InChI is InChI=1S/C15H22N2O3S/c1-11-7-8-17(14(11)10-18)15(19)16-9-12-3-5-13(6-4-12)21(2)20/h3-6,11,14,18H,7-10H2,1-2H3,(H,16,19)/t11-,14-,21+/m1/s1. The van der Waals surface area contributed by atoms with Crippen molar-refractivity contribution in [1.82, 2.24) is 10.2 Å². The summed E-state index contributed by atoms with van der Waals surface area (Å²) in [5.74, 6) is 0.333. The Balaban J connectivity index is 1.90. The number of hydrogen-bond acceptors (Lipinski definition) is 3. The third kappa shape index (κ3) is 3.83. The van der Waals surface area contributed by atoms with E-state index in [1.807, 2.05) is 24.3 Å². The van der Waals surface area contributed by atoms with Crippen molar-refractivity contribution in [3.63, 3.8) is 0 Å². The van der Waals surface area contributed by atoms with Crippen molar-refractivity contribution in [3.8, 4) is 0 Å². The van der Waals surface area contributed by atoms with E-state index in [2.05, 4.69) is 12.2 Å². The quantitative estimate of drug-likeness (QED) is 0.881. The first-order valence-corrected chi connectivity index (χ1v) is 8.66. The number of aliphatic hydroxyl groups excluding tert-OH is 1. The fourth-order valence-corrected chi connectivity index (χ4v) is 3.14. The highest BCUT2D eigenvalue weighted by Gasteiger charge is 2.33. The predicted octanol–water partition coefficient (Wildman–Crippen LogP) is 1.34. The maximum atomic E-state index is 12.2. The van der Waals surface area contributed by atoms with E-state index in [1.165, 1.54) is 0 Å². The van der Waals surface area contributed by atoms with Gasteiger partial charge in [0.1, 0.15) is 0 Å². The molecule has 0 unspecified atom stereocenters. The fourth-order valence-electron chi connectivity index (χ4n) is 2.62. The van der Waals surface area contributed by atoms with Gasteiger partial charge in [-0.25, -0.2) is 4.79 Å². The number of carbonyl (C=O) groups is 1. The zero-order chi connectivity index (χ0) is 15.4. The molecule has 2 rings (SSSR count). The average Bonchev–Trinajstić information content (AvgIpc) is 2.86. The van der Waals surface area contributed by atoms with Crippen molar-refractivity contribution >= 4 is 16.8 Å². The smallest absolute Gasteiger partial charge is 0.318 e. The van der Waals surface area contributed by atoms with Gasteiger partial charge in [-0.1, -0.05) is 19.1 Å². The number of aliphatic hydroxyl groups is 1. The summed E-state index contributed by atoms with van der Waals surface area (Å²) in [6.45, 7) is 3.17. The van der Waals surface area contributed by atoms with Gasteiger partial charge in [-0.05, 0) is 30.0 Å². The number of carbonyl (C=O) groups excluding carboxylic acids is 1. The lowest BCUT2D eigenvalue weighted by atomic mass is 10.0. The molecule has 0 bridgehead atoms. The summed E-state index contributed by atoms with van der Waals surface area (Å²) in [6, 6.07) is 7.13. The minimum atomic E-state index is -0.985. The zero-order valence-corrected chi connectivity index (χ0v) is 13.2. The summed E-state index contributed by atoms with van der Waals surface area (Å²) >= 11 is 0. The minimum absolute atomic E-state index is 0.00555. The van der Waals surface area contributed by atoms with Gasteiger partial charge in [0.25, 0.3) is 0 Å². The van der Waals surface area contributed by atoms with E-state index in [0.29, 0.717) is 19.0 Å². The Morgan fingerprint density at radius 3 is 2.67 bits per heavy atom. The largest absolute Gasteiger partial charge is 0.394 e. The van der Waals surface area contributed by atoms with Gasteiger partial charge in [0.05, 0.1) is 12.6 Å². The molecule has 0 radical (unpaired) electrons. The Kier molecular flexibility index (Phi) is 5.36. The van der Waals surface area contributed by atoms with Crippen LogP contribution in [0, 0.1) is 5.92 Å². The second kappa shape index (κ2) is 7.04. The Morgan fingerprint density at radius 1 is 1.43 bits per heavy atom. The Morgan fingerprint density at radius 2 is 2.10 bits per heavy atom. The first-order valence-electron chi connectivity index (χ1n) is 7.10. The van der Waals surface area contributed by atoms with Gasteiger partial charge in [0.15, 0.2) is 0 Å². The summed E-state index contributed by atoms with van der Waals surface area (Å²) in [5.41, 5.74) is 0.963. The molecule has 1 saturated heterocycles. The molecule has 1 aromatic carbocycles. The molecule has 6 heteroatoms. The first-order chi connectivity index (χ1) is 10.0. The van der Waals surface area contributed by atoms with Crippen LogP contribution in [0.2, 0.25) is 0 Å². The van der Waals surface area contributed by atoms with Crippen LogP contribution in [-0.4, -0.2) is 45.7 Å². The summed E-state index contributed by atoms with van der Waals surface area (Å²) < 4.78 is 11.3. The van der Waals surface area contributed by atoms with Crippen molar-refractivity contribution in [2.45, 2.75) is 30.8 Å². The van der Waals surface area contributed by atoms with Gasteiger partial charge in [-0.3, -0.25) is 4.21 Å². The topological polar surface area (TPSA) is 69.6 Å². The van der Waals surface area contributed by atoms with Gasteiger partial charge in [0, 0.05) is 35.0 Å². The molecule has 5 nitrogen and oxygen atoms in total. The molecule has 116 valence electrons. The molecular weight excluding hydrogens is 288 g/mol. The lowest BCUT2D eigenvalue weighted by molar-refractivity contribution is 0.143. The van der Waals surface area contributed by atoms with Gasteiger partial charge in [0.2, 0.25) is 0 Å². The van der Waals surface area contributed by atoms with Gasteiger partial charge < -0.3 is 15.3 Å². The molecule has 21 heavy (non-hydrogen) atoms. The molecule has 0 saturated carbocycles. The van der Waals surface area contributed by atoms with E-state index in [9.17, 15) is 14.1 Å². The number of urea groups is 1. The Hall–Kier alpha value is -1.40. The molecule has 3 atom stereocenters. The van der Waals surface area contributed by atoms with Crippen LogP contribution in [0.5, 0.6) is 0 Å².